The zero-order valence-electron chi connectivity index (χ0n) is 9.62. The summed E-state index contributed by atoms with van der Waals surface area (Å²) in [5, 5.41) is 0. The van der Waals surface area contributed by atoms with Gasteiger partial charge in [-0.15, -0.1) is 0 Å². The molecule has 0 unspecified atom stereocenters. The molecule has 0 aliphatic carbocycles. The van der Waals surface area contributed by atoms with E-state index in [0.717, 1.165) is 6.42 Å². The Bertz CT molecular complexity index is 314. The molecule has 0 saturated carbocycles. The van der Waals surface area contributed by atoms with Crippen LogP contribution in [0.3, 0.4) is 0 Å². The second-order valence-electron chi connectivity index (χ2n) is 3.93. The number of esters is 1. The van der Waals surface area contributed by atoms with E-state index in [1.165, 1.54) is 18.2 Å². The third kappa shape index (κ3) is 3.74. The zero-order valence-corrected chi connectivity index (χ0v) is 9.62. The van der Waals surface area contributed by atoms with Gasteiger partial charge >= 0.3 is 5.97 Å². The first kappa shape index (κ1) is 11.8. The number of hydrogen-bond donors (Lipinski definition) is 0. The summed E-state index contributed by atoms with van der Waals surface area (Å²) in [5.41, 5.74) is 2.54. The summed E-state index contributed by atoms with van der Waals surface area (Å²) >= 11 is 0. The fourth-order valence-corrected chi connectivity index (χ4v) is 1.50. The molecule has 82 valence electrons. The minimum absolute atomic E-state index is 0.131. The van der Waals surface area contributed by atoms with Crippen molar-refractivity contribution in [2.24, 2.45) is 0 Å². The molecule has 0 heterocycles. The number of carbonyl (C=O) groups excluding carboxylic acids is 1. The Morgan fingerprint density at radius 1 is 1.33 bits per heavy atom. The fourth-order valence-electron chi connectivity index (χ4n) is 1.50. The lowest BCUT2D eigenvalue weighted by atomic mass is 9.95. The minimum Gasteiger partial charge on any atom is -0.469 e. The van der Waals surface area contributed by atoms with Crippen LogP contribution in [0.5, 0.6) is 0 Å². The first-order valence-electron chi connectivity index (χ1n) is 5.27. The molecule has 0 aliphatic heterocycles. The van der Waals surface area contributed by atoms with E-state index in [0.29, 0.717) is 12.3 Å². The normalized spacial score (nSPS) is 12.2. The second-order valence-corrected chi connectivity index (χ2v) is 3.93. The molecule has 1 aromatic carbocycles. The van der Waals surface area contributed by atoms with E-state index in [1.54, 1.807) is 0 Å². The van der Waals surface area contributed by atoms with Gasteiger partial charge in [0.1, 0.15) is 0 Å². The molecule has 0 N–H and O–H groups in total. The van der Waals surface area contributed by atoms with Crippen molar-refractivity contribution in [3.63, 3.8) is 0 Å². The van der Waals surface area contributed by atoms with Crippen LogP contribution in [0, 0.1) is 6.92 Å². The summed E-state index contributed by atoms with van der Waals surface area (Å²) in [4.78, 5) is 11.0. The van der Waals surface area contributed by atoms with Crippen molar-refractivity contribution in [3.05, 3.63) is 35.4 Å². The predicted molar refractivity (Wildman–Crippen MR) is 60.8 cm³/mol. The number of ether oxygens (including phenoxy) is 1. The molecule has 0 spiro atoms. The van der Waals surface area contributed by atoms with E-state index in [4.69, 9.17) is 0 Å². The quantitative estimate of drug-likeness (QED) is 0.708. The van der Waals surface area contributed by atoms with Crippen molar-refractivity contribution < 1.29 is 9.53 Å². The van der Waals surface area contributed by atoms with Crippen molar-refractivity contribution >= 4 is 5.97 Å². The molecule has 0 amide bonds. The summed E-state index contributed by atoms with van der Waals surface area (Å²) in [7, 11) is 1.43. The molecular weight excluding hydrogens is 188 g/mol. The van der Waals surface area contributed by atoms with E-state index in [2.05, 4.69) is 42.8 Å². The minimum atomic E-state index is -0.131. The van der Waals surface area contributed by atoms with Crippen LogP contribution in [0.1, 0.15) is 36.8 Å². The van der Waals surface area contributed by atoms with Crippen molar-refractivity contribution in [2.45, 2.75) is 32.6 Å². The summed E-state index contributed by atoms with van der Waals surface area (Å²) in [6.07, 6.45) is 1.33. The zero-order chi connectivity index (χ0) is 11.3. The molecule has 0 aromatic heterocycles. The second kappa shape index (κ2) is 5.54. The lowest BCUT2D eigenvalue weighted by Crippen LogP contribution is -2.03. The van der Waals surface area contributed by atoms with E-state index >= 15 is 0 Å². The lowest BCUT2D eigenvalue weighted by molar-refractivity contribution is -0.140. The Morgan fingerprint density at radius 3 is 2.47 bits per heavy atom. The van der Waals surface area contributed by atoms with Gasteiger partial charge in [-0.2, -0.15) is 0 Å². The molecular formula is C13H18O2. The van der Waals surface area contributed by atoms with Gasteiger partial charge in [0.15, 0.2) is 0 Å². The molecule has 2 heteroatoms. The van der Waals surface area contributed by atoms with Crippen LogP contribution in [0.15, 0.2) is 24.3 Å². The van der Waals surface area contributed by atoms with Gasteiger partial charge in [0.2, 0.25) is 0 Å². The molecule has 1 atom stereocenters. The van der Waals surface area contributed by atoms with Crippen LogP contribution in [-0.2, 0) is 9.53 Å². The molecule has 2 nitrogen and oxygen atoms in total. The first-order chi connectivity index (χ1) is 7.13. The Balaban J connectivity index is 2.50. The van der Waals surface area contributed by atoms with Crippen LogP contribution < -0.4 is 0 Å². The summed E-state index contributed by atoms with van der Waals surface area (Å²) < 4.78 is 4.62. The Labute approximate surface area is 91.3 Å². The highest BCUT2D eigenvalue weighted by Gasteiger charge is 2.08. The molecule has 15 heavy (non-hydrogen) atoms. The van der Waals surface area contributed by atoms with E-state index in [1.807, 2.05) is 0 Å². The molecule has 0 fully saturated rings. The molecule has 0 bridgehead atoms. The highest BCUT2D eigenvalue weighted by molar-refractivity contribution is 5.69. The average molecular weight is 206 g/mol. The van der Waals surface area contributed by atoms with Gasteiger partial charge in [-0.3, -0.25) is 4.79 Å². The van der Waals surface area contributed by atoms with Crippen molar-refractivity contribution in [2.75, 3.05) is 7.11 Å². The van der Waals surface area contributed by atoms with Crippen LogP contribution in [0.4, 0.5) is 0 Å². The summed E-state index contributed by atoms with van der Waals surface area (Å²) in [6.45, 7) is 4.20. The standard InChI is InChI=1S/C13H18O2/c1-10-4-7-12(8-5-10)11(2)6-9-13(14)15-3/h4-5,7-8,11H,6,9H2,1-3H3/t11-/m1/s1. The third-order valence-electron chi connectivity index (χ3n) is 2.66. The van der Waals surface area contributed by atoms with E-state index in [9.17, 15) is 4.79 Å². The van der Waals surface area contributed by atoms with Crippen LogP contribution in [0.25, 0.3) is 0 Å². The van der Waals surface area contributed by atoms with E-state index < -0.39 is 0 Å². The smallest absolute Gasteiger partial charge is 0.305 e. The molecule has 1 aromatic rings. The SMILES string of the molecule is COC(=O)CC[C@@H](C)c1ccc(C)cc1. The Morgan fingerprint density at radius 2 is 1.93 bits per heavy atom. The highest BCUT2D eigenvalue weighted by atomic mass is 16.5. The maximum atomic E-state index is 11.0. The number of rotatable bonds is 4. The van der Waals surface area contributed by atoms with Gasteiger partial charge in [-0.1, -0.05) is 36.8 Å². The number of carbonyl (C=O) groups is 1. The van der Waals surface area contributed by atoms with Crippen molar-refractivity contribution in [3.8, 4) is 0 Å². The largest absolute Gasteiger partial charge is 0.469 e. The Kier molecular flexibility index (Phi) is 4.35. The predicted octanol–water partition coefficient (Wildman–Crippen LogP) is 3.05. The van der Waals surface area contributed by atoms with Crippen LogP contribution in [0.2, 0.25) is 0 Å². The van der Waals surface area contributed by atoms with Crippen molar-refractivity contribution in [1.82, 2.24) is 0 Å². The maximum absolute atomic E-state index is 11.0. The van der Waals surface area contributed by atoms with Crippen LogP contribution in [-0.4, -0.2) is 13.1 Å². The highest BCUT2D eigenvalue weighted by Crippen LogP contribution is 2.20. The summed E-state index contributed by atoms with van der Waals surface area (Å²) in [6, 6.07) is 8.45. The van der Waals surface area contributed by atoms with Gasteiger partial charge in [0.05, 0.1) is 7.11 Å². The Hall–Kier alpha value is -1.31. The van der Waals surface area contributed by atoms with Gasteiger partial charge in [-0.05, 0) is 24.8 Å². The molecule has 0 saturated heterocycles. The van der Waals surface area contributed by atoms with E-state index in [-0.39, 0.29) is 5.97 Å². The third-order valence-corrected chi connectivity index (χ3v) is 2.66. The first-order valence-corrected chi connectivity index (χ1v) is 5.27. The average Bonchev–Trinajstić information content (AvgIpc) is 2.26. The van der Waals surface area contributed by atoms with Crippen LogP contribution >= 0.6 is 0 Å². The molecule has 0 radical (unpaired) electrons. The molecule has 0 aliphatic rings. The number of methoxy groups -OCH3 is 1. The number of benzene rings is 1. The van der Waals surface area contributed by atoms with Gasteiger partial charge in [-0.25, -0.2) is 0 Å². The lowest BCUT2D eigenvalue weighted by Gasteiger charge is -2.11. The van der Waals surface area contributed by atoms with Gasteiger partial charge in [0, 0.05) is 6.42 Å². The fraction of sp³-hybridized carbons (Fsp3) is 0.462. The number of hydrogen-bond acceptors (Lipinski definition) is 2. The monoisotopic (exact) mass is 206 g/mol. The topological polar surface area (TPSA) is 26.3 Å². The van der Waals surface area contributed by atoms with Gasteiger partial charge < -0.3 is 4.74 Å². The summed E-state index contributed by atoms with van der Waals surface area (Å²) in [5.74, 6) is 0.277. The van der Waals surface area contributed by atoms with Gasteiger partial charge in [0.25, 0.3) is 0 Å². The van der Waals surface area contributed by atoms with Crippen molar-refractivity contribution in [1.29, 1.82) is 0 Å². The number of aryl methyl sites for hydroxylation is 1. The maximum Gasteiger partial charge on any atom is 0.305 e. The molecule has 1 rings (SSSR count).